The number of nitrogens with zero attached hydrogens (tertiary/aromatic N) is 1. The maximum Gasteiger partial charge on any atom is 0.222 e. The minimum absolute atomic E-state index is 0.341. The zero-order chi connectivity index (χ0) is 12.0. The Bertz CT molecular complexity index is 212. The molecule has 1 aliphatic rings. The predicted molar refractivity (Wildman–Crippen MR) is 67.4 cm³/mol. The van der Waals surface area contributed by atoms with Crippen molar-refractivity contribution < 1.29 is 4.79 Å². The molecule has 0 bridgehead atoms. The second-order valence-electron chi connectivity index (χ2n) is 5.90. The maximum atomic E-state index is 11.9. The smallest absolute Gasteiger partial charge is 0.222 e. The van der Waals surface area contributed by atoms with E-state index in [-0.39, 0.29) is 0 Å². The second kappa shape index (κ2) is 6.24. The monoisotopic (exact) mass is 226 g/mol. The molecule has 94 valence electrons. The van der Waals surface area contributed by atoms with Crippen LogP contribution >= 0.6 is 0 Å². The van der Waals surface area contributed by atoms with Crippen molar-refractivity contribution in [1.29, 1.82) is 0 Å². The SMILES string of the molecule is CC(C)(C)CCCC(=O)N1CCCNCC1. The summed E-state index contributed by atoms with van der Waals surface area (Å²) in [5.74, 6) is 0.341. The third-order valence-electron chi connectivity index (χ3n) is 3.01. The highest BCUT2D eigenvalue weighted by Crippen LogP contribution is 2.21. The summed E-state index contributed by atoms with van der Waals surface area (Å²) in [5.41, 5.74) is 0.348. The molecule has 0 aliphatic carbocycles. The van der Waals surface area contributed by atoms with Crippen molar-refractivity contribution in [1.82, 2.24) is 10.2 Å². The van der Waals surface area contributed by atoms with Gasteiger partial charge in [0.1, 0.15) is 0 Å². The molecule has 0 aromatic heterocycles. The van der Waals surface area contributed by atoms with Crippen molar-refractivity contribution >= 4 is 5.91 Å². The molecule has 3 nitrogen and oxygen atoms in total. The largest absolute Gasteiger partial charge is 0.341 e. The number of carbonyl (C=O) groups excluding carboxylic acids is 1. The van der Waals surface area contributed by atoms with Crippen molar-refractivity contribution in [2.75, 3.05) is 26.2 Å². The molecule has 3 heteroatoms. The summed E-state index contributed by atoms with van der Waals surface area (Å²) in [6, 6.07) is 0. The van der Waals surface area contributed by atoms with Crippen molar-refractivity contribution in [2.45, 2.75) is 46.5 Å². The van der Waals surface area contributed by atoms with Crippen LogP contribution in [0.2, 0.25) is 0 Å². The zero-order valence-corrected chi connectivity index (χ0v) is 11.0. The van der Waals surface area contributed by atoms with E-state index in [0.29, 0.717) is 11.3 Å². The fourth-order valence-corrected chi connectivity index (χ4v) is 2.02. The lowest BCUT2D eigenvalue weighted by Crippen LogP contribution is -2.34. The molecule has 1 fully saturated rings. The summed E-state index contributed by atoms with van der Waals surface area (Å²) in [6.07, 6.45) is 3.96. The first kappa shape index (κ1) is 13.5. The zero-order valence-electron chi connectivity index (χ0n) is 11.0. The highest BCUT2D eigenvalue weighted by Gasteiger charge is 2.16. The summed E-state index contributed by atoms with van der Waals surface area (Å²) in [5, 5.41) is 3.32. The van der Waals surface area contributed by atoms with Gasteiger partial charge in [0.15, 0.2) is 0 Å². The van der Waals surface area contributed by atoms with Gasteiger partial charge < -0.3 is 10.2 Å². The molecule has 0 saturated carbocycles. The number of hydrogen-bond acceptors (Lipinski definition) is 2. The van der Waals surface area contributed by atoms with Gasteiger partial charge in [-0.1, -0.05) is 20.8 Å². The van der Waals surface area contributed by atoms with Crippen LogP contribution in [0.5, 0.6) is 0 Å². The molecule has 1 heterocycles. The molecule has 1 saturated heterocycles. The minimum atomic E-state index is 0.341. The van der Waals surface area contributed by atoms with Crippen LogP contribution in [-0.2, 0) is 4.79 Å². The van der Waals surface area contributed by atoms with E-state index in [1.807, 2.05) is 4.90 Å². The van der Waals surface area contributed by atoms with E-state index in [0.717, 1.165) is 51.9 Å². The molecule has 0 atom stereocenters. The first-order valence-electron chi connectivity index (χ1n) is 6.47. The molecule has 1 amide bonds. The van der Waals surface area contributed by atoms with Crippen molar-refractivity contribution in [3.05, 3.63) is 0 Å². The Morgan fingerprint density at radius 3 is 2.69 bits per heavy atom. The van der Waals surface area contributed by atoms with Crippen LogP contribution in [0.15, 0.2) is 0 Å². The second-order valence-corrected chi connectivity index (χ2v) is 5.90. The summed E-state index contributed by atoms with van der Waals surface area (Å²) in [4.78, 5) is 14.0. The fraction of sp³-hybridized carbons (Fsp3) is 0.923. The van der Waals surface area contributed by atoms with Gasteiger partial charge >= 0.3 is 0 Å². The summed E-state index contributed by atoms with van der Waals surface area (Å²) < 4.78 is 0. The van der Waals surface area contributed by atoms with E-state index < -0.39 is 0 Å². The van der Waals surface area contributed by atoms with E-state index in [2.05, 4.69) is 26.1 Å². The lowest BCUT2D eigenvalue weighted by atomic mass is 9.90. The van der Waals surface area contributed by atoms with Gasteiger partial charge in [-0.15, -0.1) is 0 Å². The van der Waals surface area contributed by atoms with Crippen LogP contribution in [0.4, 0.5) is 0 Å². The van der Waals surface area contributed by atoms with E-state index in [4.69, 9.17) is 0 Å². The standard InChI is InChI=1S/C13H26N2O/c1-13(2,3)7-4-6-12(16)15-10-5-8-14-9-11-15/h14H,4-11H2,1-3H3. The molecule has 0 unspecified atom stereocenters. The molecule has 1 aliphatic heterocycles. The van der Waals surface area contributed by atoms with Gasteiger partial charge in [0.05, 0.1) is 0 Å². The van der Waals surface area contributed by atoms with Crippen molar-refractivity contribution in [2.24, 2.45) is 5.41 Å². The quantitative estimate of drug-likeness (QED) is 0.798. The van der Waals surface area contributed by atoms with E-state index in [9.17, 15) is 4.79 Å². The highest BCUT2D eigenvalue weighted by atomic mass is 16.2. The summed E-state index contributed by atoms with van der Waals surface area (Å²) >= 11 is 0. The molecule has 0 radical (unpaired) electrons. The molecular weight excluding hydrogens is 200 g/mol. The fourth-order valence-electron chi connectivity index (χ4n) is 2.02. The normalized spacial score (nSPS) is 18.3. The molecule has 16 heavy (non-hydrogen) atoms. The molecule has 0 aromatic carbocycles. The van der Waals surface area contributed by atoms with Gasteiger partial charge in [-0.2, -0.15) is 0 Å². The van der Waals surface area contributed by atoms with Crippen LogP contribution in [0.25, 0.3) is 0 Å². The Kier molecular flexibility index (Phi) is 5.26. The number of rotatable bonds is 3. The number of hydrogen-bond donors (Lipinski definition) is 1. The van der Waals surface area contributed by atoms with E-state index in [1.165, 1.54) is 0 Å². The number of nitrogens with one attached hydrogen (secondary N) is 1. The molecular formula is C13H26N2O. The maximum absolute atomic E-state index is 11.9. The van der Waals surface area contributed by atoms with Gasteiger partial charge in [0, 0.05) is 26.1 Å². The van der Waals surface area contributed by atoms with Gasteiger partial charge in [-0.25, -0.2) is 0 Å². The highest BCUT2D eigenvalue weighted by molar-refractivity contribution is 5.76. The molecule has 1 rings (SSSR count). The third kappa shape index (κ3) is 5.50. The van der Waals surface area contributed by atoms with Crippen LogP contribution in [0, 0.1) is 5.41 Å². The van der Waals surface area contributed by atoms with Crippen LogP contribution in [0.1, 0.15) is 46.5 Å². The van der Waals surface area contributed by atoms with E-state index >= 15 is 0 Å². The van der Waals surface area contributed by atoms with Crippen molar-refractivity contribution in [3.63, 3.8) is 0 Å². The average Bonchev–Trinajstić information content (AvgIpc) is 2.43. The van der Waals surface area contributed by atoms with E-state index in [1.54, 1.807) is 0 Å². The number of amides is 1. The van der Waals surface area contributed by atoms with Crippen LogP contribution in [0.3, 0.4) is 0 Å². The Hall–Kier alpha value is -0.570. The Labute approximate surface area is 99.6 Å². The summed E-state index contributed by atoms with van der Waals surface area (Å²) in [7, 11) is 0. The first-order chi connectivity index (χ1) is 7.49. The van der Waals surface area contributed by atoms with Crippen LogP contribution < -0.4 is 5.32 Å². The third-order valence-corrected chi connectivity index (χ3v) is 3.01. The van der Waals surface area contributed by atoms with Gasteiger partial charge in [0.2, 0.25) is 5.91 Å². The lowest BCUT2D eigenvalue weighted by molar-refractivity contribution is -0.131. The topological polar surface area (TPSA) is 32.3 Å². The lowest BCUT2D eigenvalue weighted by Gasteiger charge is -2.22. The Morgan fingerprint density at radius 2 is 2.00 bits per heavy atom. The molecule has 0 spiro atoms. The van der Waals surface area contributed by atoms with Crippen LogP contribution in [-0.4, -0.2) is 37.0 Å². The minimum Gasteiger partial charge on any atom is -0.341 e. The molecule has 1 N–H and O–H groups in total. The predicted octanol–water partition coefficient (Wildman–Crippen LogP) is 2.02. The summed E-state index contributed by atoms with van der Waals surface area (Å²) in [6.45, 7) is 10.5. The number of carbonyl (C=O) groups is 1. The molecule has 0 aromatic rings. The van der Waals surface area contributed by atoms with Gasteiger partial charge in [0.25, 0.3) is 0 Å². The Morgan fingerprint density at radius 1 is 1.25 bits per heavy atom. The van der Waals surface area contributed by atoms with Gasteiger partial charge in [-0.3, -0.25) is 4.79 Å². The average molecular weight is 226 g/mol. The van der Waals surface area contributed by atoms with Crippen molar-refractivity contribution in [3.8, 4) is 0 Å². The first-order valence-corrected chi connectivity index (χ1v) is 6.47. The van der Waals surface area contributed by atoms with Gasteiger partial charge in [-0.05, 0) is 31.2 Å². The Balaban J connectivity index is 2.23.